The molecule has 3 aromatic rings. The number of para-hydroxylation sites is 1. The molecule has 0 saturated heterocycles. The van der Waals surface area contributed by atoms with Crippen molar-refractivity contribution in [2.45, 2.75) is 26.4 Å². The van der Waals surface area contributed by atoms with Gasteiger partial charge in [0.05, 0.1) is 16.2 Å². The van der Waals surface area contributed by atoms with Crippen molar-refractivity contribution in [1.29, 1.82) is 0 Å². The van der Waals surface area contributed by atoms with Gasteiger partial charge in [0.1, 0.15) is 18.3 Å². The Morgan fingerprint density at radius 3 is 2.53 bits per heavy atom. The van der Waals surface area contributed by atoms with E-state index in [9.17, 15) is 10.1 Å². The normalized spacial score (nSPS) is 16.4. The van der Waals surface area contributed by atoms with Crippen molar-refractivity contribution in [1.82, 2.24) is 15.5 Å². The molecule has 1 aliphatic rings. The Hall–Kier alpha value is -3.94. The number of hydrogen-bond donors (Lipinski definition) is 1. The monoisotopic (exact) mass is 404 g/mol. The number of nitro groups is 1. The van der Waals surface area contributed by atoms with Gasteiger partial charge in [-0.25, -0.2) is 0 Å². The number of dihydropyridines is 1. The van der Waals surface area contributed by atoms with Crippen molar-refractivity contribution in [3.8, 4) is 5.75 Å². The molecule has 0 radical (unpaired) electrons. The number of hydrogen-bond acceptors (Lipinski definition) is 7. The van der Waals surface area contributed by atoms with Crippen molar-refractivity contribution >= 4 is 5.57 Å². The first kappa shape index (κ1) is 19.4. The summed E-state index contributed by atoms with van der Waals surface area (Å²) in [6.07, 6.45) is 1.21. The highest BCUT2D eigenvalue weighted by Gasteiger charge is 2.41. The minimum atomic E-state index is -0.728. The van der Waals surface area contributed by atoms with Crippen LogP contribution in [0.4, 0.5) is 0 Å². The maximum atomic E-state index is 12.0. The molecule has 30 heavy (non-hydrogen) atoms. The fraction of sp³-hybridized carbons (Fsp3) is 0.182. The Morgan fingerprint density at radius 2 is 1.83 bits per heavy atom. The molecule has 4 rings (SSSR count). The van der Waals surface area contributed by atoms with E-state index in [1.54, 1.807) is 6.92 Å². The molecular weight excluding hydrogens is 384 g/mol. The van der Waals surface area contributed by atoms with Crippen LogP contribution in [0.2, 0.25) is 0 Å². The summed E-state index contributed by atoms with van der Waals surface area (Å²) in [6, 6.07) is 17.1. The molecule has 0 aliphatic carbocycles. The second-order valence-electron chi connectivity index (χ2n) is 6.92. The zero-order valence-corrected chi connectivity index (χ0v) is 16.5. The van der Waals surface area contributed by atoms with E-state index in [0.717, 1.165) is 5.56 Å². The lowest BCUT2D eigenvalue weighted by molar-refractivity contribution is -0.430. The Kier molecular flexibility index (Phi) is 5.30. The summed E-state index contributed by atoms with van der Waals surface area (Å²) in [5.41, 5.74) is 3.41. The van der Waals surface area contributed by atoms with Gasteiger partial charge in [-0.3, -0.25) is 10.1 Å². The van der Waals surface area contributed by atoms with Crippen LogP contribution in [0.3, 0.4) is 0 Å². The molecule has 0 bridgehead atoms. The zero-order valence-electron chi connectivity index (χ0n) is 16.5. The number of benzene rings is 2. The van der Waals surface area contributed by atoms with Gasteiger partial charge in [0.2, 0.25) is 12.3 Å². The third kappa shape index (κ3) is 3.67. The number of aromatic nitrogens is 2. The first-order valence-corrected chi connectivity index (χ1v) is 9.41. The molecule has 0 amide bonds. The molecule has 8 heteroatoms. The van der Waals surface area contributed by atoms with Crippen molar-refractivity contribution < 1.29 is 14.1 Å². The van der Waals surface area contributed by atoms with Gasteiger partial charge < -0.3 is 14.5 Å². The number of nitrogens with one attached hydrogen (secondary N) is 1. The van der Waals surface area contributed by atoms with Crippen LogP contribution in [0, 0.1) is 10.1 Å². The lowest BCUT2D eigenvalue weighted by Crippen LogP contribution is -2.27. The molecule has 8 nitrogen and oxygen atoms in total. The Balaban J connectivity index is 1.81. The van der Waals surface area contributed by atoms with Gasteiger partial charge in [0, 0.05) is 11.3 Å². The van der Waals surface area contributed by atoms with Gasteiger partial charge in [0.25, 0.3) is 5.70 Å². The van der Waals surface area contributed by atoms with Gasteiger partial charge in [-0.1, -0.05) is 48.5 Å². The molecule has 2 aromatic carbocycles. The molecule has 152 valence electrons. The van der Waals surface area contributed by atoms with E-state index in [-0.39, 0.29) is 16.5 Å². The van der Waals surface area contributed by atoms with Gasteiger partial charge in [0.15, 0.2) is 0 Å². The molecule has 2 heterocycles. The van der Waals surface area contributed by atoms with E-state index in [4.69, 9.17) is 9.15 Å². The minimum Gasteiger partial charge on any atom is -0.489 e. The Bertz CT molecular complexity index is 1120. The van der Waals surface area contributed by atoms with E-state index in [1.165, 1.54) is 6.39 Å². The van der Waals surface area contributed by atoms with Crippen LogP contribution in [0.25, 0.3) is 5.57 Å². The summed E-state index contributed by atoms with van der Waals surface area (Å²) in [6.45, 7) is 3.87. The minimum absolute atomic E-state index is 0.0181. The summed E-state index contributed by atoms with van der Waals surface area (Å²) in [7, 11) is 0. The SMILES string of the molecule is CC1=C(c2nnco2)C(c2ccccc2OCc2ccccc2)C([N+](=O)[O-])=C(C)N1. The van der Waals surface area contributed by atoms with Gasteiger partial charge in [-0.05, 0) is 25.5 Å². The van der Waals surface area contributed by atoms with Crippen LogP contribution in [-0.4, -0.2) is 15.1 Å². The molecule has 0 fully saturated rings. The third-order valence-corrected chi connectivity index (χ3v) is 4.98. The Morgan fingerprint density at radius 1 is 1.10 bits per heavy atom. The average molecular weight is 404 g/mol. The predicted octanol–water partition coefficient (Wildman–Crippen LogP) is 4.27. The lowest BCUT2D eigenvalue weighted by Gasteiger charge is -2.27. The van der Waals surface area contributed by atoms with Crippen LogP contribution < -0.4 is 10.1 Å². The van der Waals surface area contributed by atoms with Gasteiger partial charge >= 0.3 is 0 Å². The molecule has 1 atom stereocenters. The summed E-state index contributed by atoms with van der Waals surface area (Å²) in [5, 5.41) is 22.9. The summed E-state index contributed by atoms with van der Waals surface area (Å²) in [5.74, 6) is 0.0635. The maximum Gasteiger partial charge on any atom is 0.277 e. The van der Waals surface area contributed by atoms with Crippen molar-refractivity contribution in [2.75, 3.05) is 0 Å². The molecule has 0 spiro atoms. The number of nitrogens with zero attached hydrogens (tertiary/aromatic N) is 3. The van der Waals surface area contributed by atoms with Crippen LogP contribution >= 0.6 is 0 Å². The highest BCUT2D eigenvalue weighted by molar-refractivity contribution is 5.74. The highest BCUT2D eigenvalue weighted by atomic mass is 16.6. The van der Waals surface area contributed by atoms with Crippen LogP contribution in [0.15, 0.2) is 82.5 Å². The second kappa shape index (κ2) is 8.20. The van der Waals surface area contributed by atoms with E-state index in [1.807, 2.05) is 61.5 Å². The smallest absolute Gasteiger partial charge is 0.277 e. The van der Waals surface area contributed by atoms with Crippen LogP contribution in [0.5, 0.6) is 5.75 Å². The summed E-state index contributed by atoms with van der Waals surface area (Å²) >= 11 is 0. The largest absolute Gasteiger partial charge is 0.489 e. The predicted molar refractivity (Wildman–Crippen MR) is 110 cm³/mol. The second-order valence-corrected chi connectivity index (χ2v) is 6.92. The quantitative estimate of drug-likeness (QED) is 0.483. The topological polar surface area (TPSA) is 103 Å². The fourth-order valence-corrected chi connectivity index (χ4v) is 3.69. The van der Waals surface area contributed by atoms with Crippen LogP contribution in [-0.2, 0) is 6.61 Å². The fourth-order valence-electron chi connectivity index (χ4n) is 3.69. The van der Waals surface area contributed by atoms with E-state index in [2.05, 4.69) is 15.5 Å². The molecule has 1 aromatic heterocycles. The van der Waals surface area contributed by atoms with E-state index in [0.29, 0.717) is 34.9 Å². The summed E-state index contributed by atoms with van der Waals surface area (Å²) < 4.78 is 11.5. The molecule has 1 unspecified atom stereocenters. The number of rotatable bonds is 6. The average Bonchev–Trinajstić information content (AvgIpc) is 3.26. The van der Waals surface area contributed by atoms with Crippen LogP contribution in [0.1, 0.15) is 36.8 Å². The third-order valence-electron chi connectivity index (χ3n) is 4.98. The summed E-state index contributed by atoms with van der Waals surface area (Å²) in [4.78, 5) is 11.7. The number of allylic oxidation sites excluding steroid dienone is 3. The molecule has 1 N–H and O–H groups in total. The highest BCUT2D eigenvalue weighted by Crippen LogP contribution is 2.45. The van der Waals surface area contributed by atoms with Crippen molar-refractivity contribution in [3.63, 3.8) is 0 Å². The first-order valence-electron chi connectivity index (χ1n) is 9.41. The van der Waals surface area contributed by atoms with Gasteiger partial charge in [-0.2, -0.15) is 0 Å². The number of ether oxygens (including phenoxy) is 1. The molecule has 1 aliphatic heterocycles. The standard InChI is InChI=1S/C22H20N4O4/c1-14-19(22-25-23-13-30-22)20(21(26(27)28)15(2)24-14)17-10-6-7-11-18(17)29-12-16-8-4-3-5-9-16/h3-11,13,20,24H,12H2,1-2H3. The van der Waals surface area contributed by atoms with E-state index < -0.39 is 5.92 Å². The van der Waals surface area contributed by atoms with Gasteiger partial charge in [-0.15, -0.1) is 10.2 Å². The zero-order chi connectivity index (χ0) is 21.1. The Labute approximate surface area is 173 Å². The maximum absolute atomic E-state index is 12.0. The lowest BCUT2D eigenvalue weighted by atomic mass is 9.83. The molecule has 0 saturated carbocycles. The molecular formula is C22H20N4O4. The van der Waals surface area contributed by atoms with E-state index >= 15 is 0 Å². The first-order chi connectivity index (χ1) is 14.6. The van der Waals surface area contributed by atoms with Crippen molar-refractivity contribution in [2.24, 2.45) is 0 Å². The van der Waals surface area contributed by atoms with Crippen molar-refractivity contribution in [3.05, 3.63) is 105 Å².